The Morgan fingerprint density at radius 2 is 2.18 bits per heavy atom. The largest absolute Gasteiger partial charge is 0.481 e. The quantitative estimate of drug-likeness (QED) is 0.870. The average molecular weight is 233 g/mol. The van der Waals surface area contributed by atoms with Crippen LogP contribution in [0, 0.1) is 18.8 Å². The summed E-state index contributed by atoms with van der Waals surface area (Å²) in [5.41, 5.74) is 0.947. The summed E-state index contributed by atoms with van der Waals surface area (Å²) >= 11 is 0. The highest BCUT2D eigenvalue weighted by molar-refractivity contribution is 5.32. The minimum absolute atomic E-state index is 0.570. The summed E-state index contributed by atoms with van der Waals surface area (Å²) in [4.78, 5) is 8.78. The Balaban J connectivity index is 1.74. The highest BCUT2D eigenvalue weighted by Crippen LogP contribution is 2.45. The number of hydrogen-bond acceptors (Lipinski definition) is 4. The number of aromatic nitrogens is 2. The molecular weight excluding hydrogens is 214 g/mol. The Labute approximate surface area is 102 Å². The Hall–Kier alpha value is -1.32. The molecule has 1 aromatic heterocycles. The van der Waals surface area contributed by atoms with Crippen LogP contribution in [0.5, 0.6) is 5.88 Å². The third-order valence-corrected chi connectivity index (χ3v) is 4.09. The van der Waals surface area contributed by atoms with Gasteiger partial charge in [0.15, 0.2) is 0 Å². The molecular formula is C13H19N3O. The lowest BCUT2D eigenvalue weighted by atomic mass is 9.95. The number of methoxy groups -OCH3 is 1. The van der Waals surface area contributed by atoms with Gasteiger partial charge in [0.25, 0.3) is 0 Å². The van der Waals surface area contributed by atoms with E-state index in [1.165, 1.54) is 25.7 Å². The molecule has 3 unspecified atom stereocenters. The van der Waals surface area contributed by atoms with Crippen LogP contribution in [0.4, 0.5) is 5.95 Å². The molecule has 2 bridgehead atoms. The molecule has 1 aromatic rings. The Kier molecular flexibility index (Phi) is 2.65. The first-order valence-corrected chi connectivity index (χ1v) is 6.41. The zero-order valence-corrected chi connectivity index (χ0v) is 10.4. The predicted molar refractivity (Wildman–Crippen MR) is 66.2 cm³/mol. The van der Waals surface area contributed by atoms with Crippen molar-refractivity contribution in [1.82, 2.24) is 9.97 Å². The van der Waals surface area contributed by atoms with Gasteiger partial charge in [0.05, 0.1) is 7.11 Å². The second-order valence-corrected chi connectivity index (χ2v) is 5.30. The van der Waals surface area contributed by atoms with Gasteiger partial charge in [-0.25, -0.2) is 4.98 Å². The van der Waals surface area contributed by atoms with E-state index in [0.29, 0.717) is 11.9 Å². The Morgan fingerprint density at radius 3 is 2.82 bits per heavy atom. The summed E-state index contributed by atoms with van der Waals surface area (Å²) in [5, 5.41) is 3.49. The van der Waals surface area contributed by atoms with Crippen LogP contribution in [-0.4, -0.2) is 23.1 Å². The molecule has 2 fully saturated rings. The molecule has 17 heavy (non-hydrogen) atoms. The minimum Gasteiger partial charge on any atom is -0.481 e. The smallest absolute Gasteiger partial charge is 0.226 e. The van der Waals surface area contributed by atoms with Crippen molar-refractivity contribution >= 4 is 5.95 Å². The molecule has 92 valence electrons. The maximum absolute atomic E-state index is 5.17. The fourth-order valence-corrected chi connectivity index (χ4v) is 3.30. The fraction of sp³-hybridized carbons (Fsp3) is 0.692. The normalized spacial score (nSPS) is 30.6. The molecule has 1 heterocycles. The molecule has 0 aliphatic heterocycles. The fourth-order valence-electron chi connectivity index (χ4n) is 3.30. The van der Waals surface area contributed by atoms with Crippen molar-refractivity contribution in [2.75, 3.05) is 12.4 Å². The SMILES string of the molecule is COc1cc(C)nc(NC2CC3CCC2C3)n1. The van der Waals surface area contributed by atoms with Crippen molar-refractivity contribution in [3.63, 3.8) is 0 Å². The summed E-state index contributed by atoms with van der Waals surface area (Å²) in [6.45, 7) is 1.97. The van der Waals surface area contributed by atoms with Gasteiger partial charge < -0.3 is 10.1 Å². The molecule has 4 nitrogen and oxygen atoms in total. The second-order valence-electron chi connectivity index (χ2n) is 5.30. The number of nitrogens with one attached hydrogen (secondary N) is 1. The molecule has 2 aliphatic carbocycles. The molecule has 0 aromatic carbocycles. The third kappa shape index (κ3) is 2.08. The van der Waals surface area contributed by atoms with Gasteiger partial charge in [-0.05, 0) is 38.0 Å². The summed E-state index contributed by atoms with van der Waals surface area (Å²) in [6, 6.07) is 2.42. The number of anilines is 1. The number of fused-ring (bicyclic) bond motifs is 2. The van der Waals surface area contributed by atoms with E-state index in [1.54, 1.807) is 7.11 Å². The Morgan fingerprint density at radius 1 is 1.29 bits per heavy atom. The molecule has 4 heteroatoms. The second kappa shape index (κ2) is 4.17. The van der Waals surface area contributed by atoms with Crippen LogP contribution in [0.15, 0.2) is 6.07 Å². The Bertz CT molecular complexity index is 421. The minimum atomic E-state index is 0.570. The summed E-state index contributed by atoms with van der Waals surface area (Å²) in [5.74, 6) is 3.13. The van der Waals surface area contributed by atoms with Gasteiger partial charge in [0, 0.05) is 17.8 Å². The monoisotopic (exact) mass is 233 g/mol. The number of rotatable bonds is 3. The number of aryl methyl sites for hydroxylation is 1. The molecule has 3 rings (SSSR count). The van der Waals surface area contributed by atoms with Crippen LogP contribution in [0.2, 0.25) is 0 Å². The van der Waals surface area contributed by atoms with E-state index in [9.17, 15) is 0 Å². The van der Waals surface area contributed by atoms with Crippen LogP contribution in [0.25, 0.3) is 0 Å². The topological polar surface area (TPSA) is 47.0 Å². The first-order valence-electron chi connectivity index (χ1n) is 6.41. The first kappa shape index (κ1) is 10.8. The van der Waals surface area contributed by atoms with Gasteiger partial charge in [0.2, 0.25) is 11.8 Å². The third-order valence-electron chi connectivity index (χ3n) is 4.09. The van der Waals surface area contributed by atoms with E-state index < -0.39 is 0 Å². The van der Waals surface area contributed by atoms with Crippen LogP contribution < -0.4 is 10.1 Å². The van der Waals surface area contributed by atoms with Crippen molar-refractivity contribution < 1.29 is 4.74 Å². The van der Waals surface area contributed by atoms with Gasteiger partial charge in [-0.15, -0.1) is 0 Å². The molecule has 2 aliphatic rings. The van der Waals surface area contributed by atoms with Crippen LogP contribution >= 0.6 is 0 Å². The highest BCUT2D eigenvalue weighted by atomic mass is 16.5. The lowest BCUT2D eigenvalue weighted by Gasteiger charge is -2.23. The maximum atomic E-state index is 5.17. The van der Waals surface area contributed by atoms with Gasteiger partial charge in [-0.3, -0.25) is 0 Å². The molecule has 0 radical (unpaired) electrons. The summed E-state index contributed by atoms with van der Waals surface area (Å²) < 4.78 is 5.17. The zero-order valence-electron chi connectivity index (χ0n) is 10.4. The standard InChI is InChI=1S/C13H19N3O/c1-8-5-12(17-2)16-13(14-8)15-11-7-9-3-4-10(11)6-9/h5,9-11H,3-4,6-7H2,1-2H3,(H,14,15,16). The van der Waals surface area contributed by atoms with Gasteiger partial charge in [-0.2, -0.15) is 4.98 Å². The molecule has 1 N–H and O–H groups in total. The molecule has 2 saturated carbocycles. The zero-order chi connectivity index (χ0) is 11.8. The number of ether oxygens (including phenoxy) is 1. The number of nitrogens with zero attached hydrogens (tertiary/aromatic N) is 2. The molecule has 3 atom stereocenters. The molecule has 0 spiro atoms. The predicted octanol–water partition coefficient (Wildman–Crippen LogP) is 2.39. The van der Waals surface area contributed by atoms with Crippen molar-refractivity contribution in [1.29, 1.82) is 0 Å². The number of hydrogen-bond donors (Lipinski definition) is 1. The van der Waals surface area contributed by atoms with Gasteiger partial charge in [0.1, 0.15) is 0 Å². The van der Waals surface area contributed by atoms with Crippen molar-refractivity contribution in [2.24, 2.45) is 11.8 Å². The highest BCUT2D eigenvalue weighted by Gasteiger charge is 2.39. The first-order chi connectivity index (χ1) is 8.24. The van der Waals surface area contributed by atoms with Crippen LogP contribution in [-0.2, 0) is 0 Å². The maximum Gasteiger partial charge on any atom is 0.226 e. The van der Waals surface area contributed by atoms with Crippen molar-refractivity contribution in [2.45, 2.75) is 38.6 Å². The van der Waals surface area contributed by atoms with Crippen molar-refractivity contribution in [3.8, 4) is 5.88 Å². The lowest BCUT2D eigenvalue weighted by molar-refractivity contribution is 0.395. The van der Waals surface area contributed by atoms with E-state index >= 15 is 0 Å². The summed E-state index contributed by atoms with van der Waals surface area (Å²) in [6.07, 6.45) is 5.46. The van der Waals surface area contributed by atoms with Crippen LogP contribution in [0.3, 0.4) is 0 Å². The van der Waals surface area contributed by atoms with E-state index in [0.717, 1.165) is 23.5 Å². The molecule has 0 saturated heterocycles. The van der Waals surface area contributed by atoms with Gasteiger partial charge in [-0.1, -0.05) is 6.42 Å². The average Bonchev–Trinajstić information content (AvgIpc) is 2.90. The van der Waals surface area contributed by atoms with Crippen molar-refractivity contribution in [3.05, 3.63) is 11.8 Å². The van der Waals surface area contributed by atoms with Crippen LogP contribution in [0.1, 0.15) is 31.4 Å². The van der Waals surface area contributed by atoms with E-state index in [-0.39, 0.29) is 0 Å². The van der Waals surface area contributed by atoms with Gasteiger partial charge >= 0.3 is 0 Å². The molecule has 0 amide bonds. The van der Waals surface area contributed by atoms with E-state index in [2.05, 4.69) is 15.3 Å². The lowest BCUT2D eigenvalue weighted by Crippen LogP contribution is -2.27. The van der Waals surface area contributed by atoms with E-state index in [4.69, 9.17) is 4.74 Å². The summed E-state index contributed by atoms with van der Waals surface area (Å²) in [7, 11) is 1.64. The van der Waals surface area contributed by atoms with E-state index in [1.807, 2.05) is 13.0 Å².